The summed E-state index contributed by atoms with van der Waals surface area (Å²) in [6.45, 7) is 19.5. The lowest BCUT2D eigenvalue weighted by molar-refractivity contribution is -0.0530. The molecule has 2 aromatic rings. The maximum atomic E-state index is 12.8. The first-order chi connectivity index (χ1) is 23.0. The van der Waals surface area contributed by atoms with Crippen molar-refractivity contribution in [3.8, 4) is 0 Å². The molecule has 0 saturated carbocycles. The van der Waals surface area contributed by atoms with E-state index in [0.29, 0.717) is 10.6 Å². The Bertz CT molecular complexity index is 1460. The molecule has 16 nitrogen and oxygen atoms in total. The number of hydrogen-bond acceptors (Lipinski definition) is 11. The number of ether oxygens (including phenoxy) is 1. The van der Waals surface area contributed by atoms with Gasteiger partial charge in [-0.1, -0.05) is 76.5 Å². The monoisotopic (exact) mass is 757 g/mol. The van der Waals surface area contributed by atoms with E-state index >= 15 is 0 Å². The van der Waals surface area contributed by atoms with Crippen LogP contribution in [0.15, 0.2) is 46.5 Å². The van der Waals surface area contributed by atoms with Gasteiger partial charge in [-0.3, -0.25) is 18.3 Å². The molecule has 3 rings (SSSR count). The molecule has 19 heteroatoms. The van der Waals surface area contributed by atoms with E-state index in [1.165, 1.54) is 58.6 Å². The van der Waals surface area contributed by atoms with Crippen LogP contribution in [0.5, 0.6) is 0 Å². The Labute approximate surface area is 293 Å². The van der Waals surface area contributed by atoms with Crippen LogP contribution in [0.1, 0.15) is 53.3 Å². The number of aliphatic hydroxyl groups is 2. The lowest BCUT2D eigenvalue weighted by Crippen LogP contribution is -2.42. The van der Waals surface area contributed by atoms with Crippen LogP contribution in [0.4, 0.5) is 0 Å². The summed E-state index contributed by atoms with van der Waals surface area (Å²) in [5.41, 5.74) is 0.122. The summed E-state index contributed by atoms with van der Waals surface area (Å²) in [5.74, 6) is -1.42. The first kappa shape index (κ1) is 45.1. The standard InChI is InChI=1S/C18H24ClN3O11P2.2C6H15N/c1-21-14(20-31-8-11-4-2-3-5-12(11)19)6-7-22(18(21)25)17-16(24)15(23)13(33-17)9-32-35(29,30)10-34(26,27)28;2*1-4-7(5-2)6-3/h2-7,13,15-17,23-24H,8-10H2,1H3,(H,29,30)(H2,26,27,28);2*4-6H2,1-3H3/b20-14-;;/t13-,15-,16-,17-;;/m1../s1. The molecule has 1 aliphatic rings. The molecular weight excluding hydrogens is 704 g/mol. The van der Waals surface area contributed by atoms with E-state index in [4.69, 9.17) is 31.0 Å². The third-order valence-corrected chi connectivity index (χ3v) is 11.5. The maximum Gasteiger partial charge on any atom is 0.340 e. The van der Waals surface area contributed by atoms with Gasteiger partial charge in [0.2, 0.25) is 0 Å². The van der Waals surface area contributed by atoms with E-state index in [0.717, 1.165) is 9.13 Å². The molecule has 1 aromatic carbocycles. The van der Waals surface area contributed by atoms with Crippen molar-refractivity contribution >= 4 is 26.8 Å². The fraction of sp³-hybridized carbons (Fsp3) is 0.667. The average molecular weight is 758 g/mol. The second-order valence-electron chi connectivity index (χ2n) is 10.9. The molecular formula is C30H54ClN5O11P2. The highest BCUT2D eigenvalue weighted by molar-refractivity contribution is 7.70. The van der Waals surface area contributed by atoms with Gasteiger partial charge >= 0.3 is 20.9 Å². The highest BCUT2D eigenvalue weighted by Crippen LogP contribution is 2.55. The van der Waals surface area contributed by atoms with Gasteiger partial charge in [-0.15, -0.1) is 0 Å². The van der Waals surface area contributed by atoms with Gasteiger partial charge in [0.25, 0.3) is 0 Å². The molecule has 49 heavy (non-hydrogen) atoms. The van der Waals surface area contributed by atoms with Crippen LogP contribution >= 0.6 is 26.8 Å². The Hall–Kier alpha value is -1.91. The number of rotatable bonds is 15. The lowest BCUT2D eigenvalue weighted by Gasteiger charge is -2.19. The zero-order valence-corrected chi connectivity index (χ0v) is 31.9. The molecule has 5 N–H and O–H groups in total. The summed E-state index contributed by atoms with van der Waals surface area (Å²) in [7, 11) is -8.17. The Morgan fingerprint density at radius 3 is 1.90 bits per heavy atom. The van der Waals surface area contributed by atoms with Gasteiger partial charge in [-0.25, -0.2) is 4.79 Å². The number of aromatic nitrogens is 2. The van der Waals surface area contributed by atoms with Gasteiger partial charge < -0.3 is 48.8 Å². The minimum atomic E-state index is -4.85. The van der Waals surface area contributed by atoms with Crippen molar-refractivity contribution < 1.29 is 48.1 Å². The van der Waals surface area contributed by atoms with Gasteiger partial charge in [-0.05, 0) is 45.3 Å². The Kier molecular flexibility index (Phi) is 20.4. The van der Waals surface area contributed by atoms with Crippen LogP contribution in [0.2, 0.25) is 5.02 Å². The van der Waals surface area contributed by atoms with Crippen molar-refractivity contribution in [2.24, 2.45) is 12.2 Å². The predicted molar refractivity (Wildman–Crippen MR) is 187 cm³/mol. The first-order valence-electron chi connectivity index (χ1n) is 16.1. The smallest absolute Gasteiger partial charge is 0.340 e. The number of hydrogen-bond donors (Lipinski definition) is 5. The van der Waals surface area contributed by atoms with E-state index in [1.54, 1.807) is 24.3 Å². The van der Waals surface area contributed by atoms with Crippen molar-refractivity contribution in [3.05, 3.63) is 63.1 Å². The second kappa shape index (κ2) is 22.1. The van der Waals surface area contributed by atoms with Crippen LogP contribution in [0.3, 0.4) is 0 Å². The number of halogens is 1. The third-order valence-electron chi connectivity index (χ3n) is 7.67. The minimum Gasteiger partial charge on any atom is -0.389 e. The van der Waals surface area contributed by atoms with E-state index in [9.17, 15) is 29.0 Å². The van der Waals surface area contributed by atoms with E-state index < -0.39 is 57.9 Å². The highest BCUT2D eigenvalue weighted by atomic mass is 35.5. The van der Waals surface area contributed by atoms with Crippen molar-refractivity contribution in [2.45, 2.75) is 72.7 Å². The van der Waals surface area contributed by atoms with Gasteiger partial charge in [-0.2, -0.15) is 0 Å². The summed E-state index contributed by atoms with van der Waals surface area (Å²) < 4.78 is 34.9. The SMILES string of the molecule is CCN(CC)CC.CCN(CC)CC.Cn1c(=O)n([C@@H]2O[C@H](COP(=O)(O)CP(=O)(O)O)[C@@H](O)[C@H]2O)cc/c1=N/OCc1ccccc1Cl. The topological polar surface area (TPSA) is 209 Å². The molecule has 0 spiro atoms. The van der Waals surface area contributed by atoms with Gasteiger partial charge in [0.15, 0.2) is 17.6 Å². The molecule has 282 valence electrons. The molecule has 0 aliphatic carbocycles. The average Bonchev–Trinajstić information content (AvgIpc) is 3.33. The molecule has 1 aromatic heterocycles. The maximum absolute atomic E-state index is 12.8. The molecule has 1 unspecified atom stereocenters. The largest absolute Gasteiger partial charge is 0.389 e. The Morgan fingerprint density at radius 2 is 1.43 bits per heavy atom. The van der Waals surface area contributed by atoms with Crippen molar-refractivity contribution in [1.29, 1.82) is 0 Å². The zero-order chi connectivity index (χ0) is 37.4. The normalized spacial score (nSPS) is 20.8. The quantitative estimate of drug-likeness (QED) is 0.131. The molecule has 5 atom stereocenters. The van der Waals surface area contributed by atoms with Crippen molar-refractivity contribution in [3.63, 3.8) is 0 Å². The molecule has 0 amide bonds. The molecule has 1 fully saturated rings. The van der Waals surface area contributed by atoms with Crippen molar-refractivity contribution in [2.75, 3.05) is 51.8 Å². The molecule has 1 aliphatic heterocycles. The third kappa shape index (κ3) is 15.5. The van der Waals surface area contributed by atoms with Crippen LogP contribution in [0.25, 0.3) is 0 Å². The first-order valence-corrected chi connectivity index (χ1v) is 20.1. The second-order valence-corrected chi connectivity index (χ2v) is 15.3. The predicted octanol–water partition coefficient (Wildman–Crippen LogP) is 2.53. The number of aliphatic hydroxyl groups excluding tert-OH is 2. The fourth-order valence-corrected chi connectivity index (χ4v) is 7.32. The summed E-state index contributed by atoms with van der Waals surface area (Å²) in [5, 5.41) is 25.0. The van der Waals surface area contributed by atoms with Crippen molar-refractivity contribution in [1.82, 2.24) is 18.9 Å². The van der Waals surface area contributed by atoms with E-state index in [-0.39, 0.29) is 12.1 Å². The van der Waals surface area contributed by atoms with Crippen LogP contribution in [-0.4, -0.2) is 114 Å². The summed E-state index contributed by atoms with van der Waals surface area (Å²) in [4.78, 5) is 50.1. The van der Waals surface area contributed by atoms with Gasteiger partial charge in [0.05, 0.1) is 6.61 Å². The van der Waals surface area contributed by atoms with Crippen LogP contribution in [0, 0.1) is 0 Å². The van der Waals surface area contributed by atoms with Gasteiger partial charge in [0.1, 0.15) is 24.9 Å². The number of benzene rings is 1. The molecule has 1 saturated heterocycles. The summed E-state index contributed by atoms with van der Waals surface area (Å²) in [6.07, 6.45) is -4.77. The molecule has 0 radical (unpaired) electrons. The minimum absolute atomic E-state index is 0.0534. The van der Waals surface area contributed by atoms with Crippen LogP contribution in [-0.2, 0) is 36.9 Å². The van der Waals surface area contributed by atoms with Gasteiger partial charge in [0, 0.05) is 29.9 Å². The zero-order valence-electron chi connectivity index (χ0n) is 29.3. The summed E-state index contributed by atoms with van der Waals surface area (Å²) in [6, 6.07) is 8.38. The van der Waals surface area contributed by atoms with E-state index in [1.807, 2.05) is 0 Å². The fourth-order valence-electron chi connectivity index (χ4n) is 4.56. The van der Waals surface area contributed by atoms with E-state index in [2.05, 4.69) is 61.0 Å². The highest BCUT2D eigenvalue weighted by Gasteiger charge is 2.45. The Morgan fingerprint density at radius 1 is 0.898 bits per heavy atom. The Balaban J connectivity index is 0.000000717. The number of nitrogens with zero attached hydrogens (tertiary/aromatic N) is 5. The summed E-state index contributed by atoms with van der Waals surface area (Å²) >= 11 is 6.06. The van der Waals surface area contributed by atoms with Crippen LogP contribution < -0.4 is 11.2 Å². The lowest BCUT2D eigenvalue weighted by atomic mass is 10.1. The molecule has 2 heterocycles. The molecule has 0 bridgehead atoms.